The Labute approximate surface area is 290 Å². The van der Waals surface area contributed by atoms with Crippen LogP contribution >= 0.6 is 0 Å². The molecule has 0 saturated carbocycles. The van der Waals surface area contributed by atoms with Crippen LogP contribution < -0.4 is 21.1 Å². The molecule has 0 radical (unpaired) electrons. The summed E-state index contributed by atoms with van der Waals surface area (Å²) in [7, 11) is 0. The van der Waals surface area contributed by atoms with Gasteiger partial charge < -0.3 is 20.2 Å². The van der Waals surface area contributed by atoms with E-state index in [9.17, 15) is 4.79 Å². The van der Waals surface area contributed by atoms with E-state index >= 15 is 0 Å². The van der Waals surface area contributed by atoms with E-state index in [0.29, 0.717) is 30.8 Å². The first-order valence-electron chi connectivity index (χ1n) is 16.7. The summed E-state index contributed by atoms with van der Waals surface area (Å²) in [5.74, 6) is 1.26. The summed E-state index contributed by atoms with van der Waals surface area (Å²) < 4.78 is 14.3. The van der Waals surface area contributed by atoms with Gasteiger partial charge in [-0.1, -0.05) is 103 Å². The van der Waals surface area contributed by atoms with Gasteiger partial charge in [0.25, 0.3) is 0 Å². The molecule has 3 aromatic heterocycles. The summed E-state index contributed by atoms with van der Waals surface area (Å²) in [4.78, 5) is 23.4. The number of ether oxygens (including phenoxy) is 1. The molecule has 0 fully saturated rings. The minimum absolute atomic E-state index is 0.147. The van der Waals surface area contributed by atoms with Crippen LogP contribution in [0, 0.1) is 0 Å². The van der Waals surface area contributed by atoms with Crippen LogP contribution in [0.15, 0.2) is 144 Å². The Kier molecular flexibility index (Phi) is 10.1. The first kappa shape index (κ1) is 32.5. The lowest BCUT2D eigenvalue weighted by molar-refractivity contribution is -0.118. The number of benzene rings is 4. The molecule has 9 heteroatoms. The highest BCUT2D eigenvalue weighted by atomic mass is 16.5. The largest absolute Gasteiger partial charge is 0.472 e. The number of fused-ring (bicyclic) bond motifs is 1. The summed E-state index contributed by atoms with van der Waals surface area (Å²) in [6.45, 7) is 0.485. The Hall–Kier alpha value is -6.03. The maximum atomic E-state index is 13.2. The van der Waals surface area contributed by atoms with Crippen LogP contribution in [-0.2, 0) is 30.7 Å². The van der Waals surface area contributed by atoms with Crippen molar-refractivity contribution >= 4 is 17.2 Å². The second kappa shape index (κ2) is 15.5. The summed E-state index contributed by atoms with van der Waals surface area (Å²) in [6.07, 6.45) is 5.26. The molecule has 1 unspecified atom stereocenters. The fourth-order valence-corrected chi connectivity index (χ4v) is 5.95. The van der Waals surface area contributed by atoms with Gasteiger partial charge in [0.1, 0.15) is 18.1 Å². The summed E-state index contributed by atoms with van der Waals surface area (Å²) in [6, 6.07) is 41.3. The average molecular weight is 663 g/mol. The number of nitrogens with zero attached hydrogens (tertiary/aromatic N) is 3. The fraction of sp³-hybridized carbons (Fsp3) is 0.146. The molecule has 1 amide bonds. The second-order valence-corrected chi connectivity index (χ2v) is 12.0. The number of imidazole rings is 1. The number of carbonyl (C=O) groups is 1. The normalized spacial score (nSPS) is 11.8. The molecule has 1 atom stereocenters. The highest BCUT2D eigenvalue weighted by molar-refractivity contribution is 5.95. The Balaban J connectivity index is 1.16. The van der Waals surface area contributed by atoms with Gasteiger partial charge in [-0.15, -0.1) is 0 Å². The van der Waals surface area contributed by atoms with Crippen LogP contribution in [-0.4, -0.2) is 33.0 Å². The smallest absolute Gasteiger partial charge is 0.241 e. The first-order chi connectivity index (χ1) is 24.6. The van der Waals surface area contributed by atoms with Gasteiger partial charge in [0.15, 0.2) is 5.65 Å². The zero-order valence-corrected chi connectivity index (χ0v) is 27.5. The van der Waals surface area contributed by atoms with Crippen molar-refractivity contribution in [1.82, 2.24) is 19.7 Å². The third-order valence-corrected chi connectivity index (χ3v) is 8.47. The van der Waals surface area contributed by atoms with Gasteiger partial charge in [-0.2, -0.15) is 0 Å². The summed E-state index contributed by atoms with van der Waals surface area (Å²) in [5, 5.41) is 6.11. The lowest BCUT2D eigenvalue weighted by atomic mass is 10.1. The number of hydrogen-bond donors (Lipinski definition) is 3. The first-order valence-corrected chi connectivity index (χ1v) is 16.7. The predicted octanol–water partition coefficient (Wildman–Crippen LogP) is 6.81. The van der Waals surface area contributed by atoms with Crippen molar-refractivity contribution < 1.29 is 13.9 Å². The fourth-order valence-electron chi connectivity index (χ4n) is 5.95. The number of nitrogens with two attached hydrogens (primary N) is 1. The van der Waals surface area contributed by atoms with Crippen molar-refractivity contribution in [3.63, 3.8) is 0 Å². The predicted molar refractivity (Wildman–Crippen MR) is 195 cm³/mol. The van der Waals surface area contributed by atoms with Crippen molar-refractivity contribution in [1.29, 1.82) is 0 Å². The van der Waals surface area contributed by atoms with Gasteiger partial charge in [0.2, 0.25) is 11.8 Å². The maximum absolute atomic E-state index is 13.2. The van der Waals surface area contributed by atoms with Crippen molar-refractivity contribution in [3.8, 4) is 17.1 Å². The van der Waals surface area contributed by atoms with Gasteiger partial charge in [0, 0.05) is 30.5 Å². The molecule has 4 aromatic carbocycles. The molecule has 0 spiro atoms. The molecular weight excluding hydrogens is 624 g/mol. The standard InChI is InChI=1S/C41H38N6O3/c42-28-43-36(24-30-13-6-2-7-14-30)40(48)44-33-20-18-31(19-21-33)27-50-41-37(25-34-17-10-22-49-34)46-39-35(23-29-11-4-1-5-12-29)45-38(26-47(39)41)32-15-8-3-9-16-32/h1-22,26,36,43H,23-25,27-28,42H2,(H,44,48). The summed E-state index contributed by atoms with van der Waals surface area (Å²) >= 11 is 0. The zero-order chi connectivity index (χ0) is 34.1. The van der Waals surface area contributed by atoms with Crippen LogP contribution in [0.1, 0.15) is 33.8 Å². The SMILES string of the molecule is NCNC(Cc1ccccc1)C(=O)Nc1ccc(COc2c(Cc3ccco3)nc3c(Cc4ccccc4)nc(-c4ccccc4)cn23)cc1. The number of anilines is 1. The molecule has 0 aliphatic heterocycles. The number of carbonyl (C=O) groups excluding carboxylic acids is 1. The van der Waals surface area contributed by atoms with Gasteiger partial charge >= 0.3 is 0 Å². The molecule has 0 aliphatic carbocycles. The third-order valence-electron chi connectivity index (χ3n) is 8.47. The monoisotopic (exact) mass is 662 g/mol. The van der Waals surface area contributed by atoms with E-state index in [4.69, 9.17) is 24.9 Å². The molecule has 7 aromatic rings. The Bertz CT molecular complexity index is 2130. The molecule has 0 saturated heterocycles. The molecular formula is C41H38N6O3. The minimum Gasteiger partial charge on any atom is -0.472 e. The zero-order valence-electron chi connectivity index (χ0n) is 27.5. The quantitative estimate of drug-likeness (QED) is 0.110. The maximum Gasteiger partial charge on any atom is 0.241 e. The lowest BCUT2D eigenvalue weighted by Gasteiger charge is -2.18. The molecule has 0 aliphatic rings. The van der Waals surface area contributed by atoms with E-state index in [2.05, 4.69) is 34.9 Å². The molecule has 0 bridgehead atoms. The van der Waals surface area contributed by atoms with Crippen LogP contribution in [0.2, 0.25) is 0 Å². The number of aromatic nitrogens is 3. The van der Waals surface area contributed by atoms with E-state index in [-0.39, 0.29) is 19.2 Å². The van der Waals surface area contributed by atoms with Crippen molar-refractivity contribution in [2.45, 2.75) is 31.9 Å². The van der Waals surface area contributed by atoms with Crippen LogP contribution in [0.25, 0.3) is 16.9 Å². The number of furan rings is 1. The molecule has 4 N–H and O–H groups in total. The van der Waals surface area contributed by atoms with E-state index in [1.54, 1.807) is 6.26 Å². The van der Waals surface area contributed by atoms with Gasteiger partial charge in [0.05, 0.1) is 30.1 Å². The Morgan fingerprint density at radius 3 is 2.14 bits per heavy atom. The minimum atomic E-state index is -0.463. The number of nitrogens with one attached hydrogen (secondary N) is 2. The Morgan fingerprint density at radius 1 is 0.760 bits per heavy atom. The van der Waals surface area contributed by atoms with Crippen molar-refractivity contribution in [2.75, 3.05) is 12.0 Å². The van der Waals surface area contributed by atoms with Crippen LogP contribution in [0.3, 0.4) is 0 Å². The third kappa shape index (κ3) is 7.81. The molecule has 7 rings (SSSR count). The second-order valence-electron chi connectivity index (χ2n) is 12.0. The van der Waals surface area contributed by atoms with Gasteiger partial charge in [-0.25, -0.2) is 9.97 Å². The molecule has 9 nitrogen and oxygen atoms in total. The van der Waals surface area contributed by atoms with E-state index in [1.807, 2.05) is 114 Å². The van der Waals surface area contributed by atoms with Crippen molar-refractivity contribution in [2.24, 2.45) is 5.73 Å². The van der Waals surface area contributed by atoms with Crippen LogP contribution in [0.5, 0.6) is 5.88 Å². The van der Waals surface area contributed by atoms with Gasteiger partial charge in [-0.3, -0.25) is 14.5 Å². The van der Waals surface area contributed by atoms with E-state index in [0.717, 1.165) is 50.7 Å². The number of hydrogen-bond acceptors (Lipinski definition) is 7. The lowest BCUT2D eigenvalue weighted by Crippen LogP contribution is -2.44. The Morgan fingerprint density at radius 2 is 1.46 bits per heavy atom. The van der Waals surface area contributed by atoms with Gasteiger partial charge in [-0.05, 0) is 47.4 Å². The highest BCUT2D eigenvalue weighted by Gasteiger charge is 2.21. The molecule has 50 heavy (non-hydrogen) atoms. The molecule has 3 heterocycles. The van der Waals surface area contributed by atoms with E-state index in [1.165, 1.54) is 0 Å². The van der Waals surface area contributed by atoms with Crippen LogP contribution in [0.4, 0.5) is 5.69 Å². The summed E-state index contributed by atoms with van der Waals surface area (Å²) in [5.41, 5.74) is 13.7. The highest BCUT2D eigenvalue weighted by Crippen LogP contribution is 2.30. The number of rotatable bonds is 14. The topological polar surface area (TPSA) is 120 Å². The number of amides is 1. The van der Waals surface area contributed by atoms with Crippen molar-refractivity contribution in [3.05, 3.63) is 174 Å². The van der Waals surface area contributed by atoms with E-state index < -0.39 is 6.04 Å². The average Bonchev–Trinajstić information content (AvgIpc) is 3.80. The molecule has 250 valence electrons.